The number of esters is 1. The lowest BCUT2D eigenvalue weighted by Crippen LogP contribution is -2.67. The zero-order valence-electron chi connectivity index (χ0n) is 20.5. The van der Waals surface area contributed by atoms with Crippen molar-refractivity contribution in [3.63, 3.8) is 0 Å². The summed E-state index contributed by atoms with van der Waals surface area (Å²) in [4.78, 5) is 24.7. The second-order valence-corrected chi connectivity index (χ2v) is 16.0. The van der Waals surface area contributed by atoms with Gasteiger partial charge in [-0.1, -0.05) is 41.5 Å². The molecule has 2 rings (SSSR count). The van der Waals surface area contributed by atoms with Gasteiger partial charge in [0.15, 0.2) is 6.10 Å². The van der Waals surface area contributed by atoms with E-state index < -0.39 is 44.5 Å². The lowest BCUT2D eigenvalue weighted by atomic mass is 10.1. The Morgan fingerprint density at radius 1 is 1.06 bits per heavy atom. The maximum absolute atomic E-state index is 12.7. The summed E-state index contributed by atoms with van der Waals surface area (Å²) in [6.45, 7) is 19.9. The average Bonchev–Trinajstić information content (AvgIpc) is 2.57. The van der Waals surface area contributed by atoms with E-state index in [4.69, 9.17) is 23.1 Å². The van der Waals surface area contributed by atoms with Gasteiger partial charge < -0.3 is 28.4 Å². The number of nitrogens with one attached hydrogen (secondary N) is 1. The molecular formula is C22H39NO7Si. The molecule has 0 spiro atoms. The molecule has 0 saturated carbocycles. The monoisotopic (exact) mass is 457 g/mol. The average molecular weight is 458 g/mol. The van der Waals surface area contributed by atoms with E-state index >= 15 is 0 Å². The highest BCUT2D eigenvalue weighted by Crippen LogP contribution is 2.54. The summed E-state index contributed by atoms with van der Waals surface area (Å²) in [7, 11) is -2.76. The first-order chi connectivity index (χ1) is 14.0. The molecule has 0 aromatic rings. The molecular weight excluding hydrogens is 418 g/mol. The van der Waals surface area contributed by atoms with Crippen molar-refractivity contribution in [2.45, 2.75) is 109 Å². The number of hydrogen-bond acceptors (Lipinski definition) is 7. The van der Waals surface area contributed by atoms with Gasteiger partial charge in [0, 0.05) is 10.1 Å². The normalized spacial score (nSPS) is 26.8. The van der Waals surface area contributed by atoms with Crippen LogP contribution in [0.4, 0.5) is 4.79 Å². The second kappa shape index (κ2) is 8.75. The van der Waals surface area contributed by atoms with E-state index in [-0.39, 0.29) is 16.2 Å². The van der Waals surface area contributed by atoms with Crippen molar-refractivity contribution in [3.05, 3.63) is 12.3 Å². The Hall–Kier alpha value is -1.58. The fraction of sp³-hybridized carbons (Fsp3) is 0.818. The number of amides is 1. The van der Waals surface area contributed by atoms with Crippen LogP contribution in [0.5, 0.6) is 0 Å². The van der Waals surface area contributed by atoms with Crippen molar-refractivity contribution in [2.24, 2.45) is 0 Å². The van der Waals surface area contributed by atoms with E-state index in [2.05, 4.69) is 46.9 Å². The van der Waals surface area contributed by atoms with Crippen LogP contribution >= 0.6 is 0 Å². The Morgan fingerprint density at radius 2 is 1.65 bits per heavy atom. The molecule has 0 aromatic carbocycles. The maximum atomic E-state index is 12.7. The molecule has 0 aromatic heterocycles. The van der Waals surface area contributed by atoms with Gasteiger partial charge in [0.1, 0.15) is 23.9 Å². The third kappa shape index (κ3) is 5.81. The standard InChI is InChI=1S/C22H39NO7Si/c1-14(23-19(25)29-20(2,3)4)18(24)28-15-11-12-26-16-13-27-31(21(5,6)7,22(8,9)10)30-17(15)16/h11-12,14-17H,13H2,1-10H3,(H,23,25)/t14-,15-,16+,17-/m0/s1. The third-order valence-electron chi connectivity index (χ3n) is 5.28. The van der Waals surface area contributed by atoms with Gasteiger partial charge >= 0.3 is 20.6 Å². The quantitative estimate of drug-likeness (QED) is 0.502. The van der Waals surface area contributed by atoms with E-state index in [1.54, 1.807) is 33.8 Å². The molecule has 0 aliphatic carbocycles. The molecule has 1 N–H and O–H groups in total. The van der Waals surface area contributed by atoms with Gasteiger partial charge in [0.2, 0.25) is 0 Å². The molecule has 178 valence electrons. The molecule has 0 bridgehead atoms. The zero-order chi connectivity index (χ0) is 23.8. The number of rotatable bonds is 3. The minimum absolute atomic E-state index is 0.211. The zero-order valence-corrected chi connectivity index (χ0v) is 21.5. The van der Waals surface area contributed by atoms with Crippen molar-refractivity contribution in [3.8, 4) is 0 Å². The highest BCUT2D eigenvalue weighted by molar-refractivity contribution is 6.73. The summed E-state index contributed by atoms with van der Waals surface area (Å²) in [5.41, 5.74) is -0.659. The Morgan fingerprint density at radius 3 is 2.16 bits per heavy atom. The fourth-order valence-corrected chi connectivity index (χ4v) is 9.08. The highest BCUT2D eigenvalue weighted by Gasteiger charge is 2.63. The van der Waals surface area contributed by atoms with Crippen molar-refractivity contribution in [1.29, 1.82) is 0 Å². The number of alkyl carbamates (subject to hydrolysis) is 1. The predicted octanol–water partition coefficient (Wildman–Crippen LogP) is 4.18. The van der Waals surface area contributed by atoms with E-state index in [1.165, 1.54) is 6.26 Å². The second-order valence-electron chi connectivity index (χ2n) is 11.3. The topological polar surface area (TPSA) is 92.3 Å². The summed E-state index contributed by atoms with van der Waals surface area (Å²) >= 11 is 0. The number of hydrogen-bond donors (Lipinski definition) is 1. The van der Waals surface area contributed by atoms with Crippen molar-refractivity contribution < 1.29 is 32.7 Å². The largest absolute Gasteiger partial charge is 0.493 e. The van der Waals surface area contributed by atoms with Crippen LogP contribution in [0, 0.1) is 0 Å². The maximum Gasteiger partial charge on any atom is 0.408 e. The van der Waals surface area contributed by atoms with E-state index in [0.717, 1.165) is 0 Å². The van der Waals surface area contributed by atoms with Crippen LogP contribution < -0.4 is 5.32 Å². The SMILES string of the molecule is C[C@H](NC(=O)OC(C)(C)C)C(=O)O[C@H]1C=CO[C@@H]2CO[Si](C(C)(C)C)(C(C)(C)C)O[C@@H]12. The molecule has 1 amide bonds. The highest BCUT2D eigenvalue weighted by atomic mass is 28.4. The van der Waals surface area contributed by atoms with E-state index in [9.17, 15) is 9.59 Å². The molecule has 1 fully saturated rings. The number of ether oxygens (including phenoxy) is 3. The van der Waals surface area contributed by atoms with E-state index in [0.29, 0.717) is 6.61 Å². The summed E-state index contributed by atoms with van der Waals surface area (Å²) in [5, 5.41) is 2.09. The van der Waals surface area contributed by atoms with Gasteiger partial charge in [-0.2, -0.15) is 0 Å². The summed E-state index contributed by atoms with van der Waals surface area (Å²) in [5.74, 6) is -0.574. The van der Waals surface area contributed by atoms with Crippen LogP contribution in [-0.4, -0.2) is 57.2 Å². The summed E-state index contributed by atoms with van der Waals surface area (Å²) in [6, 6.07) is -0.878. The molecule has 9 heteroatoms. The van der Waals surface area contributed by atoms with Crippen molar-refractivity contribution in [1.82, 2.24) is 5.32 Å². The molecule has 2 aliphatic heterocycles. The van der Waals surface area contributed by atoms with Crippen molar-refractivity contribution in [2.75, 3.05) is 6.61 Å². The first kappa shape index (κ1) is 25.7. The minimum Gasteiger partial charge on any atom is -0.493 e. The molecule has 2 heterocycles. The van der Waals surface area contributed by atoms with Crippen LogP contribution in [-0.2, 0) is 27.9 Å². The van der Waals surface area contributed by atoms with Gasteiger partial charge in [-0.05, 0) is 33.8 Å². The molecule has 0 radical (unpaired) electrons. The number of carbonyl (C=O) groups excluding carboxylic acids is 2. The number of fused-ring (bicyclic) bond motifs is 1. The van der Waals surface area contributed by atoms with Gasteiger partial charge in [-0.25, -0.2) is 9.59 Å². The summed E-state index contributed by atoms with van der Waals surface area (Å²) in [6.07, 6.45) is 1.01. The lowest BCUT2D eigenvalue weighted by molar-refractivity contribution is -0.168. The van der Waals surface area contributed by atoms with Gasteiger partial charge in [-0.3, -0.25) is 0 Å². The van der Waals surface area contributed by atoms with Crippen LogP contribution in [0.1, 0.15) is 69.2 Å². The Bertz CT molecular complexity index is 688. The molecule has 4 atom stereocenters. The fourth-order valence-electron chi connectivity index (χ4n) is 4.12. The van der Waals surface area contributed by atoms with Gasteiger partial charge in [0.25, 0.3) is 0 Å². The van der Waals surface area contributed by atoms with Crippen molar-refractivity contribution >= 4 is 20.6 Å². The first-order valence-electron chi connectivity index (χ1n) is 10.8. The van der Waals surface area contributed by atoms with Crippen LogP contribution in [0.3, 0.4) is 0 Å². The smallest absolute Gasteiger partial charge is 0.408 e. The molecule has 8 nitrogen and oxygen atoms in total. The van der Waals surface area contributed by atoms with Crippen LogP contribution in [0.25, 0.3) is 0 Å². The predicted molar refractivity (Wildman–Crippen MR) is 119 cm³/mol. The molecule has 0 unspecified atom stereocenters. The van der Waals surface area contributed by atoms with Crippen LogP contribution in [0.15, 0.2) is 12.3 Å². The molecule has 2 aliphatic rings. The van der Waals surface area contributed by atoms with Crippen LogP contribution in [0.2, 0.25) is 10.1 Å². The molecule has 1 saturated heterocycles. The van der Waals surface area contributed by atoms with Gasteiger partial charge in [0.05, 0.1) is 12.9 Å². The summed E-state index contributed by atoms with van der Waals surface area (Å²) < 4.78 is 29.8. The third-order valence-corrected chi connectivity index (χ3v) is 10.4. The number of carbonyl (C=O) groups is 2. The van der Waals surface area contributed by atoms with Gasteiger partial charge in [-0.15, -0.1) is 0 Å². The lowest BCUT2D eigenvalue weighted by Gasteiger charge is -2.55. The van der Waals surface area contributed by atoms with E-state index in [1.807, 2.05) is 0 Å². The minimum atomic E-state index is -2.76. The Kier molecular flexibility index (Phi) is 7.24. The molecule has 31 heavy (non-hydrogen) atoms. The first-order valence-corrected chi connectivity index (χ1v) is 12.6. The Labute approximate surface area is 187 Å². The Balaban J connectivity index is 2.15.